The van der Waals surface area contributed by atoms with Gasteiger partial charge in [0.25, 0.3) is 0 Å². The van der Waals surface area contributed by atoms with Gasteiger partial charge in [0.15, 0.2) is 0 Å². The maximum atomic E-state index is 5.87. The Balaban J connectivity index is 0.000000980. The fourth-order valence-corrected chi connectivity index (χ4v) is 2.07. The third-order valence-electron chi connectivity index (χ3n) is 3.35. The molecule has 2 aliphatic carbocycles. The Hall–Kier alpha value is 0.210. The van der Waals surface area contributed by atoms with Crippen LogP contribution in [0, 0.1) is 5.92 Å². The molecule has 2 nitrogen and oxygen atoms in total. The highest BCUT2D eigenvalue weighted by atomic mass is 35.5. The van der Waals surface area contributed by atoms with E-state index in [0.717, 1.165) is 18.6 Å². The zero-order valence-corrected chi connectivity index (χ0v) is 9.81. The lowest BCUT2D eigenvalue weighted by Gasteiger charge is -2.28. The van der Waals surface area contributed by atoms with Gasteiger partial charge in [-0.25, -0.2) is 0 Å². The number of hydrogen-bond acceptors (Lipinski definition) is 2. The van der Waals surface area contributed by atoms with Gasteiger partial charge in [-0.2, -0.15) is 0 Å². The van der Waals surface area contributed by atoms with E-state index in [1.807, 2.05) is 0 Å². The first kappa shape index (κ1) is 12.3. The van der Waals surface area contributed by atoms with Gasteiger partial charge in [-0.3, -0.25) is 0 Å². The Morgan fingerprint density at radius 1 is 1.07 bits per heavy atom. The van der Waals surface area contributed by atoms with Crippen molar-refractivity contribution in [2.45, 2.75) is 50.7 Å². The van der Waals surface area contributed by atoms with E-state index < -0.39 is 0 Å². The second kappa shape index (κ2) is 5.94. The second-order valence-electron chi connectivity index (χ2n) is 4.54. The van der Waals surface area contributed by atoms with Crippen LogP contribution in [0.4, 0.5) is 0 Å². The predicted octanol–water partition coefficient (Wildman–Crippen LogP) is 2.37. The maximum absolute atomic E-state index is 5.87. The van der Waals surface area contributed by atoms with Crippen molar-refractivity contribution >= 4 is 12.4 Å². The van der Waals surface area contributed by atoms with Gasteiger partial charge >= 0.3 is 0 Å². The van der Waals surface area contributed by atoms with Crippen LogP contribution < -0.4 is 5.32 Å². The van der Waals surface area contributed by atoms with E-state index >= 15 is 0 Å². The van der Waals surface area contributed by atoms with E-state index in [-0.39, 0.29) is 12.4 Å². The molecule has 2 fully saturated rings. The third-order valence-corrected chi connectivity index (χ3v) is 3.35. The number of halogens is 1. The first-order valence-corrected chi connectivity index (χ1v) is 5.67. The summed E-state index contributed by atoms with van der Waals surface area (Å²) in [6.45, 7) is 1.04. The van der Waals surface area contributed by atoms with Gasteiger partial charge in [-0.05, 0) is 51.5 Å². The summed E-state index contributed by atoms with van der Waals surface area (Å²) < 4.78 is 5.87. The molecular weight excluding hydrogens is 198 g/mol. The van der Waals surface area contributed by atoms with Gasteiger partial charge in [-0.1, -0.05) is 0 Å². The molecule has 0 heterocycles. The summed E-state index contributed by atoms with van der Waals surface area (Å²) in [5.41, 5.74) is 0. The molecule has 0 bridgehead atoms. The lowest BCUT2D eigenvalue weighted by Crippen LogP contribution is -2.33. The molecule has 0 radical (unpaired) electrons. The summed E-state index contributed by atoms with van der Waals surface area (Å²) in [5.74, 6) is 0.919. The summed E-state index contributed by atoms with van der Waals surface area (Å²) in [7, 11) is 2.07. The van der Waals surface area contributed by atoms with E-state index in [1.165, 1.54) is 38.5 Å². The molecule has 14 heavy (non-hydrogen) atoms. The molecule has 0 aromatic heterocycles. The standard InChI is InChI=1S/C11H21NO.ClH/c1-12-10-4-6-11(7-5-10)13-8-9-2-3-9;/h9-12H,2-8H2,1H3;1H/t10-,11-;. The monoisotopic (exact) mass is 219 g/mol. The van der Waals surface area contributed by atoms with Gasteiger partial charge in [-0.15, -0.1) is 12.4 Å². The molecule has 0 aromatic carbocycles. The number of nitrogens with one attached hydrogen (secondary N) is 1. The molecule has 3 heteroatoms. The van der Waals surface area contributed by atoms with E-state index in [4.69, 9.17) is 4.74 Å². The Morgan fingerprint density at radius 2 is 1.71 bits per heavy atom. The molecule has 0 aliphatic heterocycles. The lowest BCUT2D eigenvalue weighted by atomic mass is 9.93. The Labute approximate surface area is 93.2 Å². The van der Waals surface area contributed by atoms with Crippen LogP contribution in [0.2, 0.25) is 0 Å². The van der Waals surface area contributed by atoms with Gasteiger partial charge < -0.3 is 10.1 Å². The third kappa shape index (κ3) is 3.76. The molecule has 1 N–H and O–H groups in total. The summed E-state index contributed by atoms with van der Waals surface area (Å²) in [4.78, 5) is 0. The first-order valence-electron chi connectivity index (χ1n) is 5.67. The maximum Gasteiger partial charge on any atom is 0.0576 e. The molecule has 0 saturated heterocycles. The number of rotatable bonds is 4. The van der Waals surface area contributed by atoms with Crippen LogP contribution in [-0.2, 0) is 4.74 Å². The van der Waals surface area contributed by atoms with Crippen LogP contribution in [0.3, 0.4) is 0 Å². The van der Waals surface area contributed by atoms with E-state index in [0.29, 0.717) is 6.10 Å². The average Bonchev–Trinajstić information content (AvgIpc) is 2.99. The van der Waals surface area contributed by atoms with Crippen molar-refractivity contribution in [1.82, 2.24) is 5.32 Å². The highest BCUT2D eigenvalue weighted by Crippen LogP contribution is 2.30. The minimum absolute atomic E-state index is 0. The zero-order valence-electron chi connectivity index (χ0n) is 9.00. The summed E-state index contributed by atoms with van der Waals surface area (Å²) in [5, 5.41) is 3.35. The number of ether oxygens (including phenoxy) is 1. The molecule has 2 aliphatic rings. The molecule has 0 amide bonds. The van der Waals surface area contributed by atoms with Gasteiger partial charge in [0, 0.05) is 12.6 Å². The van der Waals surface area contributed by atoms with E-state index in [1.54, 1.807) is 0 Å². The van der Waals surface area contributed by atoms with Crippen molar-refractivity contribution in [3.63, 3.8) is 0 Å². The van der Waals surface area contributed by atoms with Crippen molar-refractivity contribution in [1.29, 1.82) is 0 Å². The highest BCUT2D eigenvalue weighted by Gasteiger charge is 2.25. The summed E-state index contributed by atoms with van der Waals surface area (Å²) in [6, 6.07) is 0.751. The first-order chi connectivity index (χ1) is 6.38. The SMILES string of the molecule is CN[C@H]1CC[C@H](OCC2CC2)CC1.Cl. The Morgan fingerprint density at radius 3 is 2.21 bits per heavy atom. The van der Waals surface area contributed by atoms with Crippen LogP contribution in [-0.4, -0.2) is 25.8 Å². The van der Waals surface area contributed by atoms with Crippen LogP contribution in [0.1, 0.15) is 38.5 Å². The predicted molar refractivity (Wildman–Crippen MR) is 61.0 cm³/mol. The van der Waals surface area contributed by atoms with Gasteiger partial charge in [0.1, 0.15) is 0 Å². The molecule has 2 rings (SSSR count). The molecule has 0 atom stereocenters. The molecule has 2 saturated carbocycles. The van der Waals surface area contributed by atoms with Crippen molar-refractivity contribution in [3.05, 3.63) is 0 Å². The molecular formula is C11H22ClNO. The van der Waals surface area contributed by atoms with E-state index in [2.05, 4.69) is 12.4 Å². The quantitative estimate of drug-likeness (QED) is 0.784. The lowest BCUT2D eigenvalue weighted by molar-refractivity contribution is 0.0171. The Bertz CT molecular complexity index is 153. The normalized spacial score (nSPS) is 32.4. The molecule has 0 aromatic rings. The van der Waals surface area contributed by atoms with Gasteiger partial charge in [0.05, 0.1) is 6.10 Å². The molecule has 84 valence electrons. The van der Waals surface area contributed by atoms with E-state index in [9.17, 15) is 0 Å². The fraction of sp³-hybridized carbons (Fsp3) is 1.00. The molecule has 0 spiro atoms. The smallest absolute Gasteiger partial charge is 0.0576 e. The van der Waals surface area contributed by atoms with Crippen molar-refractivity contribution < 1.29 is 4.74 Å². The fourth-order valence-electron chi connectivity index (χ4n) is 2.07. The second-order valence-corrected chi connectivity index (χ2v) is 4.54. The zero-order chi connectivity index (χ0) is 9.10. The minimum atomic E-state index is 0. The van der Waals surface area contributed by atoms with Crippen LogP contribution in [0.25, 0.3) is 0 Å². The van der Waals surface area contributed by atoms with Crippen LogP contribution in [0.5, 0.6) is 0 Å². The van der Waals surface area contributed by atoms with Crippen LogP contribution in [0.15, 0.2) is 0 Å². The summed E-state index contributed by atoms with van der Waals surface area (Å²) >= 11 is 0. The van der Waals surface area contributed by atoms with Crippen LogP contribution >= 0.6 is 12.4 Å². The minimum Gasteiger partial charge on any atom is -0.378 e. The van der Waals surface area contributed by atoms with Crippen molar-refractivity contribution in [2.24, 2.45) is 5.92 Å². The van der Waals surface area contributed by atoms with Crippen molar-refractivity contribution in [3.8, 4) is 0 Å². The summed E-state index contributed by atoms with van der Waals surface area (Å²) in [6.07, 6.45) is 8.51. The highest BCUT2D eigenvalue weighted by molar-refractivity contribution is 5.85. The van der Waals surface area contributed by atoms with Crippen molar-refractivity contribution in [2.75, 3.05) is 13.7 Å². The largest absolute Gasteiger partial charge is 0.378 e. The Kier molecular flexibility index (Phi) is 5.21. The van der Waals surface area contributed by atoms with Gasteiger partial charge in [0.2, 0.25) is 0 Å². The topological polar surface area (TPSA) is 21.3 Å². The number of hydrogen-bond donors (Lipinski definition) is 1. The molecule has 0 unspecified atom stereocenters. The average molecular weight is 220 g/mol.